The van der Waals surface area contributed by atoms with Gasteiger partial charge in [-0.25, -0.2) is 8.42 Å². The SMILES string of the molecule is CCN1/C(=C/C=C/C=C/C2=[N+](CCCCCC(=O)O)c3ccc(S(=O)(=O)O)cc3C2(C)CCOC)C(C)(CCOC)c2cc(S(=O)(=O)[O-])ccc21. The van der Waals surface area contributed by atoms with Crippen LogP contribution in [0.4, 0.5) is 11.4 Å². The van der Waals surface area contributed by atoms with Gasteiger partial charge in [0.15, 0.2) is 5.71 Å². The van der Waals surface area contributed by atoms with E-state index >= 15 is 0 Å². The Morgan fingerprint density at radius 2 is 1.55 bits per heavy atom. The van der Waals surface area contributed by atoms with Crippen molar-refractivity contribution in [3.63, 3.8) is 0 Å². The van der Waals surface area contributed by atoms with Gasteiger partial charge < -0.3 is 24.0 Å². The summed E-state index contributed by atoms with van der Waals surface area (Å²) in [5.41, 5.74) is 3.62. The first kappa shape index (κ1) is 40.1. The number of nitrogens with zero attached hydrogens (tertiary/aromatic N) is 2. The van der Waals surface area contributed by atoms with Gasteiger partial charge in [-0.15, -0.1) is 0 Å². The van der Waals surface area contributed by atoms with Crippen LogP contribution < -0.4 is 4.90 Å². The predicted octanol–water partition coefficient (Wildman–Crippen LogP) is 5.71. The molecule has 51 heavy (non-hydrogen) atoms. The first-order valence-electron chi connectivity index (χ1n) is 16.9. The molecule has 2 aliphatic rings. The summed E-state index contributed by atoms with van der Waals surface area (Å²) in [6.07, 6.45) is 12.7. The number of carboxylic acids is 1. The summed E-state index contributed by atoms with van der Waals surface area (Å²) in [6.45, 7) is 8.00. The van der Waals surface area contributed by atoms with E-state index in [9.17, 15) is 30.7 Å². The van der Waals surface area contributed by atoms with Gasteiger partial charge in [0.05, 0.1) is 15.2 Å². The molecular formula is C37H48N2O10S2. The summed E-state index contributed by atoms with van der Waals surface area (Å²) in [5.74, 6) is -0.842. The van der Waals surface area contributed by atoms with Crippen LogP contribution in [0.2, 0.25) is 0 Å². The van der Waals surface area contributed by atoms with Crippen molar-refractivity contribution < 1.29 is 49.9 Å². The monoisotopic (exact) mass is 744 g/mol. The fraction of sp³-hybridized carbons (Fsp3) is 0.459. The molecule has 0 saturated heterocycles. The average molecular weight is 745 g/mol. The molecule has 0 aliphatic carbocycles. The second kappa shape index (κ2) is 16.3. The molecule has 14 heteroatoms. The van der Waals surface area contributed by atoms with Gasteiger partial charge in [0.1, 0.15) is 16.7 Å². The Bertz CT molecular complexity index is 1970. The van der Waals surface area contributed by atoms with E-state index in [1.807, 2.05) is 51.2 Å². The lowest BCUT2D eigenvalue weighted by Crippen LogP contribution is -2.33. The zero-order chi connectivity index (χ0) is 37.6. The maximum atomic E-state index is 12.1. The van der Waals surface area contributed by atoms with Crippen LogP contribution in [-0.4, -0.2) is 87.8 Å². The van der Waals surface area contributed by atoms with Gasteiger partial charge in [-0.05, 0) is 88.4 Å². The molecule has 12 nitrogen and oxygen atoms in total. The molecule has 0 fully saturated rings. The maximum Gasteiger partial charge on any atom is 0.303 e. The van der Waals surface area contributed by atoms with Crippen molar-refractivity contribution in [1.82, 2.24) is 0 Å². The molecule has 0 amide bonds. The molecule has 0 spiro atoms. The molecule has 2 aliphatic heterocycles. The van der Waals surface area contributed by atoms with E-state index in [2.05, 4.69) is 9.48 Å². The van der Waals surface area contributed by atoms with Crippen LogP contribution in [-0.2, 0) is 45.3 Å². The fourth-order valence-corrected chi connectivity index (χ4v) is 8.18. The highest BCUT2D eigenvalue weighted by molar-refractivity contribution is 7.86. The second-order valence-corrected chi connectivity index (χ2v) is 16.0. The standard InChI is InChI=1S/C37H48N2O10S2/c1-6-38-31-18-16-27(50(42,43)44)25-29(31)36(2,20-23-48-4)33(38)13-9-7-10-14-34-37(3,21-24-49-5)30-26-28(51(45,46)47)17-19-32(30)39(34)22-12-8-11-15-35(40)41/h7,9-10,13-14,16-19,25-26H,6,8,11-12,15,20-24H2,1-5H3,(H2-,40,41,42,43,44,45,46,47). The zero-order valence-electron chi connectivity index (χ0n) is 29.8. The number of benzene rings is 2. The number of carboxylic acid groups (broad SMARTS) is 1. The van der Waals surface area contributed by atoms with Gasteiger partial charge in [-0.3, -0.25) is 9.35 Å². The fourth-order valence-electron chi connectivity index (χ4n) is 7.18. The Hall–Kier alpha value is -3.66. The van der Waals surface area contributed by atoms with Crippen LogP contribution in [0.15, 0.2) is 82.3 Å². The summed E-state index contributed by atoms with van der Waals surface area (Å²) in [4.78, 5) is 12.7. The highest BCUT2D eigenvalue weighted by atomic mass is 32.2. The third-order valence-corrected chi connectivity index (χ3v) is 11.6. The Labute approximate surface area is 301 Å². The number of anilines is 1. The summed E-state index contributed by atoms with van der Waals surface area (Å²) in [7, 11) is -5.91. The molecule has 2 atom stereocenters. The summed E-state index contributed by atoms with van der Waals surface area (Å²) in [5, 5.41) is 9.07. The van der Waals surface area contributed by atoms with E-state index in [1.54, 1.807) is 26.4 Å². The van der Waals surface area contributed by atoms with E-state index < -0.39 is 37.0 Å². The van der Waals surface area contributed by atoms with E-state index in [1.165, 1.54) is 24.3 Å². The molecular weight excluding hydrogens is 697 g/mol. The summed E-state index contributed by atoms with van der Waals surface area (Å²) < 4.78 is 82.9. The third-order valence-electron chi connectivity index (χ3n) is 9.94. The Morgan fingerprint density at radius 3 is 2.16 bits per heavy atom. The van der Waals surface area contributed by atoms with Gasteiger partial charge in [0.2, 0.25) is 5.69 Å². The number of hydrogen-bond donors (Lipinski definition) is 2. The van der Waals surface area contributed by atoms with Gasteiger partial charge >= 0.3 is 5.97 Å². The molecule has 2 N–H and O–H groups in total. The first-order valence-corrected chi connectivity index (χ1v) is 19.8. The third kappa shape index (κ3) is 8.70. The molecule has 2 heterocycles. The number of allylic oxidation sites excluding steroid dienone is 6. The molecule has 0 radical (unpaired) electrons. The van der Waals surface area contributed by atoms with Crippen LogP contribution in [0, 0.1) is 0 Å². The first-order chi connectivity index (χ1) is 24.0. The number of rotatable bonds is 18. The zero-order valence-corrected chi connectivity index (χ0v) is 31.4. The van der Waals surface area contributed by atoms with Crippen LogP contribution in [0.25, 0.3) is 0 Å². The van der Waals surface area contributed by atoms with E-state index in [0.29, 0.717) is 58.4 Å². The van der Waals surface area contributed by atoms with Crippen molar-refractivity contribution >= 4 is 43.3 Å². The lowest BCUT2D eigenvalue weighted by Gasteiger charge is -2.29. The molecule has 278 valence electrons. The summed E-state index contributed by atoms with van der Waals surface area (Å²) >= 11 is 0. The minimum absolute atomic E-state index is 0.0839. The van der Waals surface area contributed by atoms with Gasteiger partial charge in [0, 0.05) is 81.3 Å². The van der Waals surface area contributed by atoms with Crippen LogP contribution in [0.5, 0.6) is 0 Å². The predicted molar refractivity (Wildman–Crippen MR) is 194 cm³/mol. The molecule has 0 saturated carbocycles. The van der Waals surface area contributed by atoms with E-state index in [-0.39, 0.29) is 16.2 Å². The molecule has 0 aromatic heterocycles. The number of fused-ring (bicyclic) bond motifs is 2. The van der Waals surface area contributed by atoms with Crippen LogP contribution in [0.3, 0.4) is 0 Å². The number of ether oxygens (including phenoxy) is 2. The van der Waals surface area contributed by atoms with Crippen molar-refractivity contribution in [2.45, 2.75) is 79.9 Å². The highest BCUT2D eigenvalue weighted by Crippen LogP contribution is 2.50. The minimum Gasteiger partial charge on any atom is -0.744 e. The molecule has 2 aromatic rings. The molecule has 4 rings (SSSR count). The van der Waals surface area contributed by atoms with Crippen LogP contribution >= 0.6 is 0 Å². The molecule has 0 bridgehead atoms. The Kier molecular flexibility index (Phi) is 12.9. The van der Waals surface area contributed by atoms with E-state index in [4.69, 9.17) is 14.6 Å². The maximum absolute atomic E-state index is 12.1. The van der Waals surface area contributed by atoms with Crippen molar-refractivity contribution in [3.05, 3.63) is 83.6 Å². The van der Waals surface area contributed by atoms with Crippen LogP contribution in [0.1, 0.15) is 70.4 Å². The molecule has 2 unspecified atom stereocenters. The smallest absolute Gasteiger partial charge is 0.303 e. The quantitative estimate of drug-likeness (QED) is 0.0829. The lowest BCUT2D eigenvalue weighted by molar-refractivity contribution is -0.438. The normalized spacial score (nSPS) is 21.4. The van der Waals surface area contributed by atoms with Crippen molar-refractivity contribution in [3.8, 4) is 0 Å². The van der Waals surface area contributed by atoms with Gasteiger partial charge in [-0.1, -0.05) is 18.2 Å². The highest BCUT2D eigenvalue weighted by Gasteiger charge is 2.48. The van der Waals surface area contributed by atoms with Gasteiger partial charge in [0.25, 0.3) is 10.1 Å². The number of unbranched alkanes of at least 4 members (excludes halogenated alkanes) is 2. The number of likely N-dealkylation sites (N-methyl/N-ethyl adjacent to an activating group) is 1. The Morgan fingerprint density at radius 1 is 0.902 bits per heavy atom. The van der Waals surface area contributed by atoms with Crippen molar-refractivity contribution in [2.24, 2.45) is 0 Å². The van der Waals surface area contributed by atoms with E-state index in [0.717, 1.165) is 33.9 Å². The number of carbonyl (C=O) groups is 1. The Balaban J connectivity index is 1.75. The number of aliphatic carboxylic acids is 1. The van der Waals surface area contributed by atoms with Crippen molar-refractivity contribution in [1.29, 1.82) is 0 Å². The van der Waals surface area contributed by atoms with Gasteiger partial charge in [-0.2, -0.15) is 13.0 Å². The average Bonchev–Trinajstić information content (AvgIpc) is 3.45. The minimum atomic E-state index is -4.65. The number of hydrogen-bond acceptors (Lipinski definition) is 9. The summed E-state index contributed by atoms with van der Waals surface area (Å²) in [6, 6.07) is 9.09. The topological polar surface area (TPSA) is 174 Å². The van der Waals surface area contributed by atoms with Crippen molar-refractivity contribution in [2.75, 3.05) is 45.4 Å². The lowest BCUT2D eigenvalue weighted by atomic mass is 9.76. The largest absolute Gasteiger partial charge is 0.744 e. The second-order valence-electron chi connectivity index (χ2n) is 13.2. The number of methoxy groups -OCH3 is 2. The molecule has 2 aromatic carbocycles.